The van der Waals surface area contributed by atoms with E-state index in [4.69, 9.17) is 4.74 Å². The Hall–Kier alpha value is 0.213. The average Bonchev–Trinajstić information content (AvgIpc) is 3.08. The summed E-state index contributed by atoms with van der Waals surface area (Å²) in [6.07, 6.45) is 2.54. The second-order valence-electron chi connectivity index (χ2n) is 3.48. The average molecular weight is 325 g/mol. The molecule has 0 unspecified atom stereocenters. The van der Waals surface area contributed by atoms with E-state index in [1.807, 2.05) is 0 Å². The standard InChI is InChI=1S/C11H12FO.BrH.Zn/c12-11-4-2-1-3-10(11)8-13-7-9-5-6-9;;/h1,3-4,9H,5-8H2;1H;/q-1;;+2/p-1. The number of halogens is 2. The van der Waals surface area contributed by atoms with Crippen molar-refractivity contribution < 1.29 is 25.5 Å². The maximum atomic E-state index is 13.0. The molecular weight excluding hydrogens is 312 g/mol. The third kappa shape index (κ3) is 5.19. The Morgan fingerprint density at radius 3 is 2.87 bits per heavy atom. The molecule has 0 N–H and O–H groups in total. The first-order valence-electron chi connectivity index (χ1n) is 4.85. The maximum absolute atomic E-state index is 13.0. The van der Waals surface area contributed by atoms with Gasteiger partial charge in [-0.25, -0.2) is 0 Å². The van der Waals surface area contributed by atoms with Crippen molar-refractivity contribution in [1.82, 2.24) is 0 Å². The van der Waals surface area contributed by atoms with E-state index in [9.17, 15) is 4.39 Å². The Labute approximate surface area is 106 Å². The van der Waals surface area contributed by atoms with Crippen LogP contribution < -0.4 is 0 Å². The molecule has 1 aliphatic rings. The first-order chi connectivity index (χ1) is 7.36. The molecule has 0 heterocycles. The molecule has 1 saturated carbocycles. The van der Waals surface area contributed by atoms with Gasteiger partial charge >= 0.3 is 30.0 Å². The molecule has 4 heteroatoms. The zero-order valence-electron chi connectivity index (χ0n) is 8.51. The molecule has 0 spiro atoms. The van der Waals surface area contributed by atoms with E-state index in [1.54, 1.807) is 12.1 Å². The van der Waals surface area contributed by atoms with Gasteiger partial charge in [-0.1, -0.05) is 5.56 Å². The fraction of sp³-hybridized carbons (Fsp3) is 0.455. The molecular formula is C11H12BrFOZn. The topological polar surface area (TPSA) is 9.23 Å². The predicted octanol–water partition coefficient (Wildman–Crippen LogP) is 3.40. The van der Waals surface area contributed by atoms with Gasteiger partial charge in [0, 0.05) is 12.4 Å². The Bertz CT molecular complexity index is 292. The van der Waals surface area contributed by atoms with Crippen molar-refractivity contribution in [2.45, 2.75) is 19.4 Å². The Balaban J connectivity index is 0.000000531. The molecule has 1 fully saturated rings. The second kappa shape index (κ2) is 7.48. The molecule has 0 aliphatic heterocycles. The van der Waals surface area contributed by atoms with Gasteiger partial charge in [0.2, 0.25) is 0 Å². The summed E-state index contributed by atoms with van der Waals surface area (Å²) in [5.74, 6) is 0.511. The molecule has 1 aromatic carbocycles. The summed E-state index contributed by atoms with van der Waals surface area (Å²) in [6, 6.07) is 7.44. The van der Waals surface area contributed by atoms with E-state index in [0.29, 0.717) is 12.2 Å². The number of hydrogen-bond acceptors (Lipinski definition) is 1. The monoisotopic (exact) mass is 322 g/mol. The van der Waals surface area contributed by atoms with Gasteiger partial charge in [-0.15, -0.1) is 6.07 Å². The molecule has 78 valence electrons. The van der Waals surface area contributed by atoms with Gasteiger partial charge in [-0.3, -0.25) is 4.39 Å². The van der Waals surface area contributed by atoms with E-state index in [2.05, 4.69) is 19.7 Å². The first-order valence-corrected chi connectivity index (χ1v) is 11.8. The minimum absolute atomic E-state index is 0.224. The normalized spacial score (nSPS) is 14.4. The zero-order chi connectivity index (χ0) is 11.1. The van der Waals surface area contributed by atoms with Gasteiger partial charge in [0.05, 0.1) is 6.61 Å². The molecule has 0 atom stereocenters. The summed E-state index contributed by atoms with van der Waals surface area (Å²) in [4.78, 5) is 0. The number of hydrogen-bond donors (Lipinski definition) is 0. The van der Waals surface area contributed by atoms with Crippen molar-refractivity contribution in [3.8, 4) is 0 Å². The van der Waals surface area contributed by atoms with Crippen molar-refractivity contribution >= 4 is 13.6 Å². The van der Waals surface area contributed by atoms with Crippen LogP contribution in [-0.4, -0.2) is 6.61 Å². The molecule has 0 radical (unpaired) electrons. The quantitative estimate of drug-likeness (QED) is 0.609. The van der Waals surface area contributed by atoms with Crippen molar-refractivity contribution in [2.24, 2.45) is 5.92 Å². The Morgan fingerprint density at radius 2 is 2.27 bits per heavy atom. The Morgan fingerprint density at radius 1 is 1.53 bits per heavy atom. The molecule has 1 aromatic rings. The van der Waals surface area contributed by atoms with Crippen molar-refractivity contribution in [3.05, 3.63) is 35.6 Å². The molecule has 1 nitrogen and oxygen atoms in total. The van der Waals surface area contributed by atoms with E-state index >= 15 is 0 Å². The summed E-state index contributed by atoms with van der Waals surface area (Å²) in [5, 5.41) is 0. The minimum atomic E-state index is -0.224. The third-order valence-corrected chi connectivity index (χ3v) is 2.21. The zero-order valence-corrected chi connectivity index (χ0v) is 13.1. The van der Waals surface area contributed by atoms with Gasteiger partial charge in [0.25, 0.3) is 0 Å². The molecule has 0 saturated heterocycles. The molecule has 1 aliphatic carbocycles. The van der Waals surface area contributed by atoms with Crippen LogP contribution in [-0.2, 0) is 27.7 Å². The van der Waals surface area contributed by atoms with E-state index in [0.717, 1.165) is 12.5 Å². The van der Waals surface area contributed by atoms with Crippen molar-refractivity contribution in [1.29, 1.82) is 0 Å². The summed E-state index contributed by atoms with van der Waals surface area (Å²) in [7, 11) is 0. The first kappa shape index (κ1) is 13.3. The predicted molar refractivity (Wildman–Crippen MR) is 56.5 cm³/mol. The van der Waals surface area contributed by atoms with Crippen LogP contribution in [0.15, 0.2) is 18.2 Å². The van der Waals surface area contributed by atoms with Crippen LogP contribution in [0.3, 0.4) is 0 Å². The number of rotatable bonds is 4. The molecule has 0 aromatic heterocycles. The van der Waals surface area contributed by atoms with Crippen LogP contribution in [0.2, 0.25) is 0 Å². The van der Waals surface area contributed by atoms with E-state index in [-0.39, 0.29) is 5.82 Å². The molecule has 15 heavy (non-hydrogen) atoms. The second-order valence-corrected chi connectivity index (χ2v) is 3.48. The van der Waals surface area contributed by atoms with E-state index < -0.39 is 0 Å². The van der Waals surface area contributed by atoms with Gasteiger partial charge in [0.15, 0.2) is 0 Å². The van der Waals surface area contributed by atoms with Crippen LogP contribution in [0.1, 0.15) is 18.4 Å². The summed E-state index contributed by atoms with van der Waals surface area (Å²) >= 11 is 4.25. The van der Waals surface area contributed by atoms with Crippen LogP contribution in [0.5, 0.6) is 0 Å². The van der Waals surface area contributed by atoms with Gasteiger partial charge in [0.1, 0.15) is 0 Å². The summed E-state index contributed by atoms with van der Waals surface area (Å²) in [6.45, 7) is 1.16. The number of benzene rings is 1. The van der Waals surface area contributed by atoms with Crippen LogP contribution in [0.4, 0.5) is 4.39 Å². The van der Waals surface area contributed by atoms with E-state index in [1.165, 1.54) is 35.3 Å². The fourth-order valence-electron chi connectivity index (χ4n) is 1.18. The summed E-state index contributed by atoms with van der Waals surface area (Å²) in [5.41, 5.74) is 0.624. The van der Waals surface area contributed by atoms with Crippen molar-refractivity contribution in [3.63, 3.8) is 0 Å². The van der Waals surface area contributed by atoms with Crippen LogP contribution in [0.25, 0.3) is 0 Å². The molecule has 0 amide bonds. The number of ether oxygens (including phenoxy) is 1. The SMILES string of the molecule is Fc1c[c-]ccc1COCC1CC1.[Zn+][Br]. The summed E-state index contributed by atoms with van der Waals surface area (Å²) < 4.78 is 18.4. The fourth-order valence-corrected chi connectivity index (χ4v) is 1.18. The molecule has 0 bridgehead atoms. The van der Waals surface area contributed by atoms with Gasteiger partial charge in [-0.2, -0.15) is 18.2 Å². The van der Waals surface area contributed by atoms with Crippen LogP contribution in [0, 0.1) is 17.8 Å². The Kier molecular flexibility index (Phi) is 6.62. The van der Waals surface area contributed by atoms with Crippen molar-refractivity contribution in [2.75, 3.05) is 6.61 Å². The third-order valence-electron chi connectivity index (χ3n) is 2.21. The molecule has 2 rings (SSSR count). The van der Waals surface area contributed by atoms with Gasteiger partial charge < -0.3 is 4.74 Å². The van der Waals surface area contributed by atoms with Crippen LogP contribution >= 0.6 is 13.6 Å². The van der Waals surface area contributed by atoms with Gasteiger partial charge in [-0.05, 0) is 18.8 Å².